The highest BCUT2D eigenvalue weighted by Gasteiger charge is 2.16. The maximum Gasteiger partial charge on any atom is 0.123 e. The molecule has 0 unspecified atom stereocenters. The van der Waals surface area contributed by atoms with Crippen molar-refractivity contribution < 1.29 is 4.39 Å². The summed E-state index contributed by atoms with van der Waals surface area (Å²) in [4.78, 5) is 17.4. The van der Waals surface area contributed by atoms with E-state index in [1.165, 1.54) is 12.1 Å². The molecule has 0 amide bonds. The summed E-state index contributed by atoms with van der Waals surface area (Å²) in [6.45, 7) is 1.97. The van der Waals surface area contributed by atoms with Crippen molar-refractivity contribution in [2.75, 3.05) is 0 Å². The van der Waals surface area contributed by atoms with Crippen LogP contribution in [0.3, 0.4) is 0 Å². The fourth-order valence-electron chi connectivity index (χ4n) is 3.65. The van der Waals surface area contributed by atoms with Gasteiger partial charge in [-0.05, 0) is 55.0 Å². The van der Waals surface area contributed by atoms with E-state index >= 15 is 0 Å². The molecule has 0 bridgehead atoms. The van der Waals surface area contributed by atoms with E-state index in [1.54, 1.807) is 12.3 Å². The van der Waals surface area contributed by atoms with Gasteiger partial charge in [0, 0.05) is 29.3 Å². The Morgan fingerprint density at radius 1 is 0.900 bits per heavy atom. The molecule has 5 rings (SSSR count). The standard InChI is InChI=1S/C25H19FN4/c1-16-5-2-9-22(28-16)25-24(19-10-11-21-18(15-19)7-4-12-27-21)29-23(30-25)14-17-6-3-8-20(26)13-17/h2-13,15H,14H2,1H3,(H,29,30). The normalized spacial score (nSPS) is 11.1. The number of rotatable bonds is 4. The van der Waals surface area contributed by atoms with Gasteiger partial charge in [-0.15, -0.1) is 0 Å². The molecule has 0 aliphatic heterocycles. The first-order valence-electron chi connectivity index (χ1n) is 9.78. The Balaban J connectivity index is 1.64. The van der Waals surface area contributed by atoms with Gasteiger partial charge >= 0.3 is 0 Å². The molecular formula is C25H19FN4. The number of nitrogens with one attached hydrogen (secondary N) is 1. The Morgan fingerprint density at radius 3 is 2.67 bits per heavy atom. The molecule has 0 radical (unpaired) electrons. The number of benzene rings is 2. The molecule has 2 aromatic carbocycles. The zero-order valence-corrected chi connectivity index (χ0v) is 16.4. The van der Waals surface area contributed by atoms with Gasteiger partial charge in [0.15, 0.2) is 0 Å². The zero-order valence-electron chi connectivity index (χ0n) is 16.4. The van der Waals surface area contributed by atoms with Crippen molar-refractivity contribution in [3.63, 3.8) is 0 Å². The average molecular weight is 394 g/mol. The Morgan fingerprint density at radius 2 is 1.80 bits per heavy atom. The average Bonchev–Trinajstić information content (AvgIpc) is 3.17. The first-order chi connectivity index (χ1) is 14.7. The van der Waals surface area contributed by atoms with Crippen LogP contribution in [0, 0.1) is 12.7 Å². The Hall–Kier alpha value is -3.86. The number of H-pyrrole nitrogens is 1. The predicted molar refractivity (Wildman–Crippen MR) is 116 cm³/mol. The minimum Gasteiger partial charge on any atom is -0.340 e. The lowest BCUT2D eigenvalue weighted by Gasteiger charge is -2.05. The first kappa shape index (κ1) is 18.2. The van der Waals surface area contributed by atoms with E-state index in [4.69, 9.17) is 4.98 Å². The summed E-state index contributed by atoms with van der Waals surface area (Å²) >= 11 is 0. The molecule has 30 heavy (non-hydrogen) atoms. The Labute approximate surface area is 173 Å². The van der Waals surface area contributed by atoms with Gasteiger partial charge in [-0.2, -0.15) is 0 Å². The lowest BCUT2D eigenvalue weighted by atomic mass is 10.1. The molecular weight excluding hydrogens is 375 g/mol. The quantitative estimate of drug-likeness (QED) is 0.424. The molecule has 5 aromatic rings. The van der Waals surface area contributed by atoms with Gasteiger partial charge < -0.3 is 4.98 Å². The van der Waals surface area contributed by atoms with Crippen LogP contribution in [-0.2, 0) is 6.42 Å². The van der Waals surface area contributed by atoms with Crippen LogP contribution in [0.5, 0.6) is 0 Å². The number of aromatic nitrogens is 4. The summed E-state index contributed by atoms with van der Waals surface area (Å²) in [6, 6.07) is 22.6. The number of hydrogen-bond donors (Lipinski definition) is 1. The number of aromatic amines is 1. The largest absolute Gasteiger partial charge is 0.340 e. The summed E-state index contributed by atoms with van der Waals surface area (Å²) in [5.41, 5.74) is 6.22. The van der Waals surface area contributed by atoms with Gasteiger partial charge in [0.25, 0.3) is 0 Å². The van der Waals surface area contributed by atoms with Crippen molar-refractivity contribution >= 4 is 10.9 Å². The molecule has 4 nitrogen and oxygen atoms in total. The van der Waals surface area contributed by atoms with E-state index in [0.29, 0.717) is 6.42 Å². The monoisotopic (exact) mass is 394 g/mol. The van der Waals surface area contributed by atoms with Gasteiger partial charge in [-0.25, -0.2) is 9.37 Å². The molecule has 0 spiro atoms. The lowest BCUT2D eigenvalue weighted by Crippen LogP contribution is -1.92. The van der Waals surface area contributed by atoms with Crippen LogP contribution in [0.1, 0.15) is 17.1 Å². The second kappa shape index (κ2) is 7.52. The van der Waals surface area contributed by atoms with Gasteiger partial charge in [-0.1, -0.05) is 30.3 Å². The van der Waals surface area contributed by atoms with Crippen molar-refractivity contribution in [1.82, 2.24) is 19.9 Å². The van der Waals surface area contributed by atoms with E-state index in [-0.39, 0.29) is 5.82 Å². The highest BCUT2D eigenvalue weighted by molar-refractivity contribution is 5.86. The maximum absolute atomic E-state index is 13.6. The fourth-order valence-corrected chi connectivity index (χ4v) is 3.65. The highest BCUT2D eigenvalue weighted by atomic mass is 19.1. The number of aryl methyl sites for hydroxylation is 1. The zero-order chi connectivity index (χ0) is 20.5. The number of imidazole rings is 1. The van der Waals surface area contributed by atoms with E-state index in [9.17, 15) is 4.39 Å². The van der Waals surface area contributed by atoms with Crippen molar-refractivity contribution in [3.05, 3.63) is 102 Å². The molecule has 0 aliphatic rings. The molecule has 1 N–H and O–H groups in total. The van der Waals surface area contributed by atoms with E-state index in [0.717, 1.165) is 50.6 Å². The lowest BCUT2D eigenvalue weighted by molar-refractivity contribution is 0.626. The molecule has 0 saturated carbocycles. The summed E-state index contributed by atoms with van der Waals surface area (Å²) in [5.74, 6) is 0.516. The highest BCUT2D eigenvalue weighted by Crippen LogP contribution is 2.31. The number of pyridine rings is 2. The molecule has 0 aliphatic carbocycles. The summed E-state index contributed by atoms with van der Waals surface area (Å²) in [6.07, 6.45) is 2.29. The number of nitrogens with zero attached hydrogens (tertiary/aromatic N) is 3. The molecule has 3 aromatic heterocycles. The van der Waals surface area contributed by atoms with Crippen LogP contribution in [0.2, 0.25) is 0 Å². The molecule has 0 atom stereocenters. The SMILES string of the molecule is Cc1cccc(-c2[nH]c(Cc3cccc(F)c3)nc2-c2ccc3ncccc3c2)n1. The smallest absolute Gasteiger partial charge is 0.123 e. The van der Waals surface area contributed by atoms with E-state index in [2.05, 4.69) is 21.0 Å². The van der Waals surface area contributed by atoms with Crippen LogP contribution in [0.25, 0.3) is 33.5 Å². The summed E-state index contributed by atoms with van der Waals surface area (Å²) in [7, 11) is 0. The maximum atomic E-state index is 13.6. The Bertz CT molecular complexity index is 1360. The third-order valence-electron chi connectivity index (χ3n) is 5.03. The first-order valence-corrected chi connectivity index (χ1v) is 9.78. The van der Waals surface area contributed by atoms with Gasteiger partial charge in [0.1, 0.15) is 11.6 Å². The summed E-state index contributed by atoms with van der Waals surface area (Å²) < 4.78 is 13.6. The van der Waals surface area contributed by atoms with Gasteiger partial charge in [0.05, 0.1) is 22.6 Å². The second-order valence-corrected chi connectivity index (χ2v) is 7.29. The van der Waals surface area contributed by atoms with Crippen molar-refractivity contribution in [3.8, 4) is 22.6 Å². The molecule has 5 heteroatoms. The van der Waals surface area contributed by atoms with Gasteiger partial charge in [0.2, 0.25) is 0 Å². The predicted octanol–water partition coefficient (Wildman–Crippen LogP) is 5.73. The van der Waals surface area contributed by atoms with Crippen molar-refractivity contribution in [2.45, 2.75) is 13.3 Å². The van der Waals surface area contributed by atoms with Crippen molar-refractivity contribution in [1.29, 1.82) is 0 Å². The fraction of sp³-hybridized carbons (Fsp3) is 0.0800. The number of hydrogen-bond acceptors (Lipinski definition) is 3. The second-order valence-electron chi connectivity index (χ2n) is 7.29. The third kappa shape index (κ3) is 3.57. The van der Waals surface area contributed by atoms with Crippen molar-refractivity contribution in [2.24, 2.45) is 0 Å². The molecule has 0 fully saturated rings. The Kier molecular flexibility index (Phi) is 4.56. The molecule has 0 saturated heterocycles. The van der Waals surface area contributed by atoms with Gasteiger partial charge in [-0.3, -0.25) is 9.97 Å². The number of halogens is 1. The third-order valence-corrected chi connectivity index (χ3v) is 5.03. The molecule has 3 heterocycles. The molecule has 146 valence electrons. The minimum atomic E-state index is -0.248. The van der Waals surface area contributed by atoms with Crippen LogP contribution in [0.15, 0.2) is 79.0 Å². The van der Waals surface area contributed by atoms with Crippen LogP contribution < -0.4 is 0 Å². The van der Waals surface area contributed by atoms with Crippen LogP contribution in [0.4, 0.5) is 4.39 Å². The number of fused-ring (bicyclic) bond motifs is 1. The summed E-state index contributed by atoms with van der Waals surface area (Å²) in [5, 5.41) is 1.05. The van der Waals surface area contributed by atoms with Crippen LogP contribution >= 0.6 is 0 Å². The van der Waals surface area contributed by atoms with E-state index < -0.39 is 0 Å². The minimum absolute atomic E-state index is 0.248. The van der Waals surface area contributed by atoms with Crippen LogP contribution in [-0.4, -0.2) is 19.9 Å². The topological polar surface area (TPSA) is 54.5 Å². The van der Waals surface area contributed by atoms with E-state index in [1.807, 2.05) is 55.5 Å².